The van der Waals surface area contributed by atoms with Crippen LogP contribution < -0.4 is 10.6 Å². The molecule has 0 aromatic carbocycles. The van der Waals surface area contributed by atoms with E-state index in [4.69, 9.17) is 4.74 Å². The van der Waals surface area contributed by atoms with Gasteiger partial charge in [-0.05, 0) is 32.9 Å². The SMILES string of the molecule is CC(C)(C)OC(=O)N[C@H]1Cc2ncccc2NC1=O. The smallest absolute Gasteiger partial charge is 0.408 e. The number of carbonyl (C=O) groups is 2. The van der Waals surface area contributed by atoms with Gasteiger partial charge >= 0.3 is 6.09 Å². The molecule has 0 saturated heterocycles. The van der Waals surface area contributed by atoms with Gasteiger partial charge in [-0.2, -0.15) is 0 Å². The lowest BCUT2D eigenvalue weighted by atomic mass is 10.0. The monoisotopic (exact) mass is 263 g/mol. The molecule has 1 aliphatic rings. The quantitative estimate of drug-likeness (QED) is 0.804. The molecular formula is C13H17N3O3. The molecule has 102 valence electrons. The first-order valence-electron chi connectivity index (χ1n) is 6.09. The van der Waals surface area contributed by atoms with Crippen LogP contribution in [0, 0.1) is 0 Å². The Morgan fingerprint density at radius 3 is 2.95 bits per heavy atom. The second-order valence-corrected chi connectivity index (χ2v) is 5.39. The number of pyridine rings is 1. The third kappa shape index (κ3) is 3.43. The summed E-state index contributed by atoms with van der Waals surface area (Å²) in [6.45, 7) is 5.30. The van der Waals surface area contributed by atoms with Crippen molar-refractivity contribution in [2.45, 2.75) is 38.8 Å². The summed E-state index contributed by atoms with van der Waals surface area (Å²) in [5, 5.41) is 5.26. The van der Waals surface area contributed by atoms with Gasteiger partial charge in [-0.3, -0.25) is 9.78 Å². The summed E-state index contributed by atoms with van der Waals surface area (Å²) in [5.41, 5.74) is 0.851. The second kappa shape index (κ2) is 4.87. The van der Waals surface area contributed by atoms with E-state index in [0.29, 0.717) is 12.1 Å². The molecule has 1 aromatic rings. The van der Waals surface area contributed by atoms with Crippen molar-refractivity contribution in [3.05, 3.63) is 24.0 Å². The minimum absolute atomic E-state index is 0.258. The standard InChI is InChI=1S/C13H17N3O3/c1-13(2,3)19-12(18)16-10-7-9-8(15-11(10)17)5-4-6-14-9/h4-6,10H,7H2,1-3H3,(H,15,17)(H,16,18)/t10-/m0/s1. The van der Waals surface area contributed by atoms with Crippen LogP contribution in [0.1, 0.15) is 26.5 Å². The number of amides is 2. The van der Waals surface area contributed by atoms with Crippen LogP contribution >= 0.6 is 0 Å². The zero-order valence-electron chi connectivity index (χ0n) is 11.2. The van der Waals surface area contributed by atoms with Crippen molar-refractivity contribution >= 4 is 17.7 Å². The lowest BCUT2D eigenvalue weighted by Crippen LogP contribution is -2.49. The maximum Gasteiger partial charge on any atom is 0.408 e. The highest BCUT2D eigenvalue weighted by molar-refractivity contribution is 5.99. The van der Waals surface area contributed by atoms with Crippen molar-refractivity contribution in [2.24, 2.45) is 0 Å². The maximum absolute atomic E-state index is 11.8. The van der Waals surface area contributed by atoms with E-state index in [0.717, 1.165) is 5.69 Å². The Labute approximate surface area is 111 Å². The van der Waals surface area contributed by atoms with Crippen molar-refractivity contribution in [2.75, 3.05) is 5.32 Å². The van der Waals surface area contributed by atoms with E-state index in [-0.39, 0.29) is 5.91 Å². The number of nitrogens with one attached hydrogen (secondary N) is 2. The molecule has 1 atom stereocenters. The van der Waals surface area contributed by atoms with Gasteiger partial charge in [0.1, 0.15) is 11.6 Å². The molecule has 2 rings (SSSR count). The molecule has 1 aliphatic heterocycles. The van der Waals surface area contributed by atoms with E-state index in [9.17, 15) is 9.59 Å². The first-order chi connectivity index (χ1) is 8.85. The molecule has 2 amide bonds. The molecule has 0 saturated carbocycles. The Bertz CT molecular complexity index is 508. The topological polar surface area (TPSA) is 80.3 Å². The fourth-order valence-electron chi connectivity index (χ4n) is 1.79. The Kier molecular flexibility index (Phi) is 3.42. The molecule has 0 radical (unpaired) electrons. The Morgan fingerprint density at radius 2 is 2.26 bits per heavy atom. The minimum atomic E-state index is -0.655. The number of aromatic nitrogens is 1. The lowest BCUT2D eigenvalue weighted by Gasteiger charge is -2.26. The normalized spacial score (nSPS) is 18.3. The highest BCUT2D eigenvalue weighted by Gasteiger charge is 2.29. The molecule has 0 aliphatic carbocycles. The molecule has 6 heteroatoms. The van der Waals surface area contributed by atoms with Crippen molar-refractivity contribution in [1.29, 1.82) is 0 Å². The largest absolute Gasteiger partial charge is 0.444 e. The first kappa shape index (κ1) is 13.3. The molecule has 2 N–H and O–H groups in total. The fourth-order valence-corrected chi connectivity index (χ4v) is 1.79. The van der Waals surface area contributed by atoms with Crippen molar-refractivity contribution in [3.63, 3.8) is 0 Å². The van der Waals surface area contributed by atoms with Gasteiger partial charge in [-0.15, -0.1) is 0 Å². The number of alkyl carbamates (subject to hydrolysis) is 1. The van der Waals surface area contributed by atoms with Crippen LogP contribution in [0.15, 0.2) is 18.3 Å². The van der Waals surface area contributed by atoms with Gasteiger partial charge < -0.3 is 15.4 Å². The summed E-state index contributed by atoms with van der Waals surface area (Å²) in [4.78, 5) is 27.7. The Balaban J connectivity index is 2.03. The van der Waals surface area contributed by atoms with Crippen LogP contribution in [0.2, 0.25) is 0 Å². The van der Waals surface area contributed by atoms with Crippen molar-refractivity contribution < 1.29 is 14.3 Å². The van der Waals surface area contributed by atoms with Gasteiger partial charge in [0.05, 0.1) is 11.4 Å². The molecule has 0 unspecified atom stereocenters. The van der Waals surface area contributed by atoms with Crippen LogP contribution in [0.3, 0.4) is 0 Å². The zero-order valence-corrected chi connectivity index (χ0v) is 11.2. The molecule has 6 nitrogen and oxygen atoms in total. The molecule has 0 spiro atoms. The summed E-state index contributed by atoms with van der Waals surface area (Å²) < 4.78 is 5.13. The summed E-state index contributed by atoms with van der Waals surface area (Å²) in [7, 11) is 0. The van der Waals surface area contributed by atoms with E-state index >= 15 is 0 Å². The number of hydrogen-bond donors (Lipinski definition) is 2. The lowest BCUT2D eigenvalue weighted by molar-refractivity contribution is -0.118. The number of rotatable bonds is 1. The Hall–Kier alpha value is -2.11. The van der Waals surface area contributed by atoms with E-state index in [1.165, 1.54) is 0 Å². The third-order valence-electron chi connectivity index (χ3n) is 2.55. The highest BCUT2D eigenvalue weighted by Crippen LogP contribution is 2.19. The van der Waals surface area contributed by atoms with Gasteiger partial charge in [0.2, 0.25) is 5.91 Å². The van der Waals surface area contributed by atoms with E-state index < -0.39 is 17.7 Å². The molecular weight excluding hydrogens is 246 g/mol. The number of nitrogens with zero attached hydrogens (tertiary/aromatic N) is 1. The van der Waals surface area contributed by atoms with Crippen LogP contribution in [-0.4, -0.2) is 28.6 Å². The van der Waals surface area contributed by atoms with Gasteiger partial charge in [0, 0.05) is 12.6 Å². The molecule has 2 heterocycles. The van der Waals surface area contributed by atoms with E-state index in [1.54, 1.807) is 39.1 Å². The van der Waals surface area contributed by atoms with Gasteiger partial charge in [-0.25, -0.2) is 4.79 Å². The first-order valence-corrected chi connectivity index (χ1v) is 6.09. The van der Waals surface area contributed by atoms with Gasteiger partial charge in [0.25, 0.3) is 0 Å². The van der Waals surface area contributed by atoms with E-state index in [1.807, 2.05) is 0 Å². The summed E-state index contributed by atoms with van der Waals surface area (Å²) in [6, 6.07) is 2.88. The average Bonchev–Trinajstić information content (AvgIpc) is 2.27. The molecule has 0 fully saturated rings. The molecule has 0 bridgehead atoms. The van der Waals surface area contributed by atoms with Crippen LogP contribution in [0.4, 0.5) is 10.5 Å². The maximum atomic E-state index is 11.8. The predicted molar refractivity (Wildman–Crippen MR) is 69.7 cm³/mol. The summed E-state index contributed by atoms with van der Waals surface area (Å²) in [6.07, 6.45) is 1.41. The second-order valence-electron chi connectivity index (χ2n) is 5.39. The molecule has 19 heavy (non-hydrogen) atoms. The number of anilines is 1. The summed E-state index contributed by atoms with van der Waals surface area (Å²) in [5.74, 6) is -0.258. The average molecular weight is 263 g/mol. The minimum Gasteiger partial charge on any atom is -0.444 e. The van der Waals surface area contributed by atoms with Crippen LogP contribution in [-0.2, 0) is 16.0 Å². The van der Waals surface area contributed by atoms with Crippen molar-refractivity contribution in [3.8, 4) is 0 Å². The number of hydrogen-bond acceptors (Lipinski definition) is 4. The fraction of sp³-hybridized carbons (Fsp3) is 0.462. The predicted octanol–water partition coefficient (Wildman–Crippen LogP) is 1.47. The van der Waals surface area contributed by atoms with Crippen molar-refractivity contribution in [1.82, 2.24) is 10.3 Å². The summed E-state index contributed by atoms with van der Waals surface area (Å²) >= 11 is 0. The van der Waals surface area contributed by atoms with E-state index in [2.05, 4.69) is 15.6 Å². The van der Waals surface area contributed by atoms with Crippen LogP contribution in [0.5, 0.6) is 0 Å². The molecule has 1 aromatic heterocycles. The third-order valence-corrected chi connectivity index (χ3v) is 2.55. The number of ether oxygens (including phenoxy) is 1. The number of fused-ring (bicyclic) bond motifs is 1. The van der Waals surface area contributed by atoms with Gasteiger partial charge in [-0.1, -0.05) is 0 Å². The zero-order chi connectivity index (χ0) is 14.0. The Morgan fingerprint density at radius 1 is 1.53 bits per heavy atom. The highest BCUT2D eigenvalue weighted by atomic mass is 16.6. The van der Waals surface area contributed by atoms with Crippen LogP contribution in [0.25, 0.3) is 0 Å². The number of carbonyl (C=O) groups excluding carboxylic acids is 2. The van der Waals surface area contributed by atoms with Gasteiger partial charge in [0.15, 0.2) is 0 Å².